The van der Waals surface area contributed by atoms with Crippen molar-refractivity contribution in [1.29, 1.82) is 0 Å². The number of carbonyl (C=O) groups is 3. The number of anilines is 2. The summed E-state index contributed by atoms with van der Waals surface area (Å²) in [5.74, 6) is -1.30. The Morgan fingerprint density at radius 3 is 2.42 bits per heavy atom. The number of carbonyl (C=O) groups excluding carboxylic acids is 3. The number of hydrogen-bond donors (Lipinski definition) is 1. The van der Waals surface area contributed by atoms with Crippen molar-refractivity contribution >= 4 is 40.9 Å². The maximum Gasteiger partial charge on any atom is 0.335 e. The van der Waals surface area contributed by atoms with Gasteiger partial charge in [0.1, 0.15) is 5.57 Å². The third-order valence-corrected chi connectivity index (χ3v) is 6.62. The van der Waals surface area contributed by atoms with Crippen LogP contribution in [0, 0.1) is 6.92 Å². The molecule has 0 atom stereocenters. The number of allylic oxidation sites excluding steroid dienone is 1. The molecule has 0 bridgehead atoms. The number of aryl methyl sites for hydroxylation is 2. The minimum atomic E-state index is -0.729. The van der Waals surface area contributed by atoms with Crippen LogP contribution < -0.4 is 15.1 Å². The highest BCUT2D eigenvalue weighted by Crippen LogP contribution is 2.39. The summed E-state index contributed by atoms with van der Waals surface area (Å²) in [6.45, 7) is 10.3. The summed E-state index contributed by atoms with van der Waals surface area (Å²) in [5.41, 5.74) is 6.18. The molecule has 2 aliphatic rings. The first-order valence-corrected chi connectivity index (χ1v) is 11.1. The molecule has 6 nitrogen and oxygen atoms in total. The minimum Gasteiger partial charge on any atom is -0.365 e. The summed E-state index contributed by atoms with van der Waals surface area (Å²) in [4.78, 5) is 42.0. The number of nitrogens with zero attached hydrogens (tertiary/aromatic N) is 2. The molecule has 0 unspecified atom stereocenters. The number of rotatable bonds is 3. The number of amides is 4. The average molecular weight is 444 g/mol. The van der Waals surface area contributed by atoms with Crippen LogP contribution in [0.2, 0.25) is 0 Å². The summed E-state index contributed by atoms with van der Waals surface area (Å²) in [6.07, 6.45) is 4.45. The lowest BCUT2D eigenvalue weighted by atomic mass is 9.87. The van der Waals surface area contributed by atoms with Gasteiger partial charge in [0.05, 0.1) is 11.2 Å². The molecule has 1 saturated heterocycles. The van der Waals surface area contributed by atoms with E-state index in [4.69, 9.17) is 0 Å². The van der Waals surface area contributed by atoms with Crippen molar-refractivity contribution in [2.24, 2.45) is 0 Å². The molecule has 0 radical (unpaired) electrons. The molecule has 0 spiro atoms. The lowest BCUT2D eigenvalue weighted by molar-refractivity contribution is -0.122. The van der Waals surface area contributed by atoms with Crippen LogP contribution in [0.3, 0.4) is 0 Å². The Kier molecular flexibility index (Phi) is 5.48. The second-order valence-electron chi connectivity index (χ2n) is 9.21. The van der Waals surface area contributed by atoms with Gasteiger partial charge in [0.15, 0.2) is 0 Å². The zero-order valence-corrected chi connectivity index (χ0v) is 19.9. The fourth-order valence-electron chi connectivity index (χ4n) is 4.53. The zero-order valence-electron chi connectivity index (χ0n) is 19.9. The van der Waals surface area contributed by atoms with E-state index in [9.17, 15) is 14.4 Å². The van der Waals surface area contributed by atoms with Crippen molar-refractivity contribution in [2.75, 3.05) is 16.8 Å². The predicted molar refractivity (Wildman–Crippen MR) is 132 cm³/mol. The monoisotopic (exact) mass is 443 g/mol. The number of para-hydroxylation sites is 1. The Hall–Kier alpha value is -3.67. The van der Waals surface area contributed by atoms with Gasteiger partial charge in [-0.2, -0.15) is 0 Å². The topological polar surface area (TPSA) is 69.7 Å². The lowest BCUT2D eigenvalue weighted by Crippen LogP contribution is -2.54. The smallest absolute Gasteiger partial charge is 0.335 e. The molecule has 2 aliphatic heterocycles. The fraction of sp³-hybridized carbons (Fsp3) is 0.296. The molecule has 0 aromatic heterocycles. The third kappa shape index (κ3) is 3.75. The van der Waals surface area contributed by atoms with Gasteiger partial charge in [-0.3, -0.25) is 14.9 Å². The molecule has 4 amide bonds. The normalized spacial score (nSPS) is 18.9. The Morgan fingerprint density at radius 1 is 1.03 bits per heavy atom. The maximum absolute atomic E-state index is 13.4. The highest BCUT2D eigenvalue weighted by Gasteiger charge is 2.38. The fourth-order valence-corrected chi connectivity index (χ4v) is 4.53. The van der Waals surface area contributed by atoms with Gasteiger partial charge in [-0.05, 0) is 80.7 Å². The van der Waals surface area contributed by atoms with Crippen LogP contribution in [0.4, 0.5) is 16.2 Å². The molecule has 2 heterocycles. The summed E-state index contributed by atoms with van der Waals surface area (Å²) < 4.78 is 0. The zero-order chi connectivity index (χ0) is 24.1. The van der Waals surface area contributed by atoms with E-state index in [-0.39, 0.29) is 11.1 Å². The van der Waals surface area contributed by atoms with Crippen molar-refractivity contribution in [3.63, 3.8) is 0 Å². The van der Waals surface area contributed by atoms with Gasteiger partial charge >= 0.3 is 6.03 Å². The van der Waals surface area contributed by atoms with E-state index in [1.807, 2.05) is 32.0 Å². The van der Waals surface area contributed by atoms with E-state index >= 15 is 0 Å². The molecule has 1 fully saturated rings. The standard InChI is InChI=1S/C27H29N3O3/c1-7-18-10-8-9-11-22(18)30-25(32)21(24(31)28-26(30)33)14-19-13-20-17(3)15-27(4,5)29(6)23(20)12-16(19)2/h8-15H,7H2,1-6H3,(H,28,31,33)/b21-14+. The van der Waals surface area contributed by atoms with Crippen molar-refractivity contribution in [1.82, 2.24) is 5.32 Å². The molecule has 33 heavy (non-hydrogen) atoms. The number of nitrogens with one attached hydrogen (secondary N) is 1. The first kappa shape index (κ1) is 22.5. The van der Waals surface area contributed by atoms with Gasteiger partial charge < -0.3 is 4.90 Å². The van der Waals surface area contributed by atoms with Crippen LogP contribution in [-0.2, 0) is 16.0 Å². The Morgan fingerprint density at radius 2 is 1.73 bits per heavy atom. The minimum absolute atomic E-state index is 0.0605. The maximum atomic E-state index is 13.4. The quantitative estimate of drug-likeness (QED) is 0.544. The second-order valence-corrected chi connectivity index (χ2v) is 9.21. The van der Waals surface area contributed by atoms with Gasteiger partial charge in [0, 0.05) is 18.3 Å². The number of urea groups is 1. The first-order chi connectivity index (χ1) is 15.5. The number of benzene rings is 2. The molecule has 2 aromatic carbocycles. The molecular formula is C27H29N3O3. The van der Waals surface area contributed by atoms with E-state index < -0.39 is 17.8 Å². The van der Waals surface area contributed by atoms with Crippen LogP contribution in [0.1, 0.15) is 49.9 Å². The number of likely N-dealkylation sites (N-methyl/N-ethyl adjacent to an activating group) is 1. The Bertz CT molecular complexity index is 1250. The molecule has 2 aromatic rings. The highest BCUT2D eigenvalue weighted by atomic mass is 16.2. The molecule has 0 aliphatic carbocycles. The van der Waals surface area contributed by atoms with Gasteiger partial charge in [-0.15, -0.1) is 0 Å². The van der Waals surface area contributed by atoms with Crippen molar-refractivity contribution < 1.29 is 14.4 Å². The molecular weight excluding hydrogens is 414 g/mol. The molecule has 6 heteroatoms. The molecule has 0 saturated carbocycles. The van der Waals surface area contributed by atoms with Crippen LogP contribution in [0.25, 0.3) is 11.6 Å². The summed E-state index contributed by atoms with van der Waals surface area (Å²) in [5, 5.41) is 2.33. The molecule has 170 valence electrons. The van der Waals surface area contributed by atoms with Crippen LogP contribution in [0.5, 0.6) is 0 Å². The second kappa shape index (κ2) is 8.03. The van der Waals surface area contributed by atoms with Crippen molar-refractivity contribution in [3.05, 3.63) is 70.3 Å². The number of barbiturate groups is 1. The van der Waals surface area contributed by atoms with Gasteiger partial charge in [0.25, 0.3) is 11.8 Å². The SMILES string of the molecule is CCc1ccccc1N1C(=O)NC(=O)/C(=C\c2cc3c(cc2C)N(C)C(C)(C)C=C3C)C1=O. The summed E-state index contributed by atoms with van der Waals surface area (Å²) in [6, 6.07) is 10.6. The van der Waals surface area contributed by atoms with E-state index in [0.29, 0.717) is 12.1 Å². The summed E-state index contributed by atoms with van der Waals surface area (Å²) in [7, 11) is 2.06. The third-order valence-electron chi connectivity index (χ3n) is 6.62. The van der Waals surface area contributed by atoms with Gasteiger partial charge in [0.2, 0.25) is 0 Å². The first-order valence-electron chi connectivity index (χ1n) is 11.1. The van der Waals surface area contributed by atoms with Crippen LogP contribution in [-0.4, -0.2) is 30.4 Å². The van der Waals surface area contributed by atoms with Crippen LogP contribution in [0.15, 0.2) is 48.0 Å². The molecule has 4 rings (SSSR count). The Labute approximate surface area is 194 Å². The number of fused-ring (bicyclic) bond motifs is 1. The number of imide groups is 2. The van der Waals surface area contributed by atoms with E-state index in [2.05, 4.69) is 50.2 Å². The highest BCUT2D eigenvalue weighted by molar-refractivity contribution is 6.39. The van der Waals surface area contributed by atoms with E-state index in [0.717, 1.165) is 38.4 Å². The summed E-state index contributed by atoms with van der Waals surface area (Å²) >= 11 is 0. The lowest BCUT2D eigenvalue weighted by Gasteiger charge is -2.41. The number of hydrogen-bond acceptors (Lipinski definition) is 4. The average Bonchev–Trinajstić information content (AvgIpc) is 2.75. The van der Waals surface area contributed by atoms with Crippen molar-refractivity contribution in [3.8, 4) is 0 Å². The Balaban J connectivity index is 1.81. The predicted octanol–water partition coefficient (Wildman–Crippen LogP) is 4.86. The van der Waals surface area contributed by atoms with Crippen LogP contribution >= 0.6 is 0 Å². The molecule has 1 N–H and O–H groups in total. The van der Waals surface area contributed by atoms with Gasteiger partial charge in [-0.1, -0.05) is 31.2 Å². The largest absolute Gasteiger partial charge is 0.365 e. The van der Waals surface area contributed by atoms with E-state index in [1.54, 1.807) is 18.2 Å². The van der Waals surface area contributed by atoms with E-state index in [1.165, 1.54) is 0 Å². The van der Waals surface area contributed by atoms with Gasteiger partial charge in [-0.25, -0.2) is 9.69 Å². The van der Waals surface area contributed by atoms with Crippen molar-refractivity contribution in [2.45, 2.75) is 46.6 Å².